The number of nitrogens with one attached hydrogen (secondary N) is 1. The Bertz CT molecular complexity index is 385. The second kappa shape index (κ2) is 5.87. The third-order valence-electron chi connectivity index (χ3n) is 1.94. The van der Waals surface area contributed by atoms with Crippen molar-refractivity contribution in [3.8, 4) is 0 Å². The van der Waals surface area contributed by atoms with Crippen LogP contribution in [0.1, 0.15) is 18.9 Å². The molecule has 0 radical (unpaired) electrons. The van der Waals surface area contributed by atoms with Crippen LogP contribution in [0, 0.1) is 6.92 Å². The maximum absolute atomic E-state index is 11.4. The van der Waals surface area contributed by atoms with Crippen molar-refractivity contribution in [3.05, 3.63) is 35.7 Å². The van der Waals surface area contributed by atoms with E-state index in [9.17, 15) is 4.79 Å². The minimum absolute atomic E-state index is 0.159. The predicted octanol–water partition coefficient (Wildman–Crippen LogP) is 1.51. The van der Waals surface area contributed by atoms with Crippen molar-refractivity contribution < 1.29 is 9.63 Å². The number of aromatic nitrogens is 1. The molecule has 0 aromatic carbocycles. The molecule has 0 saturated heterocycles. The molecular weight excluding hydrogens is 206 g/mol. The van der Waals surface area contributed by atoms with Crippen molar-refractivity contribution in [2.45, 2.75) is 20.3 Å². The van der Waals surface area contributed by atoms with E-state index in [1.165, 1.54) is 0 Å². The van der Waals surface area contributed by atoms with E-state index in [2.05, 4.69) is 15.1 Å². The normalized spacial score (nSPS) is 11.1. The van der Waals surface area contributed by atoms with Crippen LogP contribution >= 0.6 is 0 Å². The SMILES string of the molecule is C/C(=C/CC(=O)Nc1ccc(C)cn1)ON. The number of anilines is 1. The Kier molecular flexibility index (Phi) is 4.47. The van der Waals surface area contributed by atoms with Crippen LogP contribution in [0.25, 0.3) is 0 Å². The van der Waals surface area contributed by atoms with Gasteiger partial charge in [0.05, 0.1) is 0 Å². The highest BCUT2D eigenvalue weighted by molar-refractivity contribution is 5.90. The van der Waals surface area contributed by atoms with E-state index in [1.54, 1.807) is 25.3 Å². The van der Waals surface area contributed by atoms with Crippen molar-refractivity contribution in [3.63, 3.8) is 0 Å². The fourth-order valence-corrected chi connectivity index (χ4v) is 1.02. The van der Waals surface area contributed by atoms with Gasteiger partial charge in [-0.15, -0.1) is 0 Å². The van der Waals surface area contributed by atoms with Gasteiger partial charge >= 0.3 is 0 Å². The average Bonchev–Trinajstić information content (AvgIpc) is 2.29. The van der Waals surface area contributed by atoms with Crippen molar-refractivity contribution in [1.82, 2.24) is 4.98 Å². The molecule has 3 N–H and O–H groups in total. The number of aryl methyl sites for hydroxylation is 1. The van der Waals surface area contributed by atoms with Crippen LogP contribution in [-0.2, 0) is 9.63 Å². The van der Waals surface area contributed by atoms with Crippen LogP contribution in [-0.4, -0.2) is 10.9 Å². The zero-order chi connectivity index (χ0) is 12.0. The molecule has 16 heavy (non-hydrogen) atoms. The molecule has 5 nitrogen and oxygen atoms in total. The Hall–Kier alpha value is -1.88. The Labute approximate surface area is 94.3 Å². The summed E-state index contributed by atoms with van der Waals surface area (Å²) >= 11 is 0. The molecule has 0 atom stereocenters. The molecule has 0 bridgehead atoms. The molecule has 1 aromatic rings. The van der Waals surface area contributed by atoms with Crippen molar-refractivity contribution in [2.75, 3.05) is 5.32 Å². The smallest absolute Gasteiger partial charge is 0.229 e. The molecule has 0 spiro atoms. The minimum Gasteiger partial charge on any atom is -0.417 e. The van der Waals surface area contributed by atoms with Gasteiger partial charge in [0.25, 0.3) is 0 Å². The first-order chi connectivity index (χ1) is 7.61. The summed E-state index contributed by atoms with van der Waals surface area (Å²) in [5.74, 6) is 5.80. The summed E-state index contributed by atoms with van der Waals surface area (Å²) in [5.41, 5.74) is 1.05. The quantitative estimate of drug-likeness (QED) is 0.596. The van der Waals surface area contributed by atoms with Crippen molar-refractivity contribution in [2.24, 2.45) is 5.90 Å². The van der Waals surface area contributed by atoms with Crippen LogP contribution < -0.4 is 11.2 Å². The lowest BCUT2D eigenvalue weighted by atomic mass is 10.3. The van der Waals surface area contributed by atoms with E-state index < -0.39 is 0 Å². The first-order valence-electron chi connectivity index (χ1n) is 4.88. The first kappa shape index (κ1) is 12.2. The zero-order valence-corrected chi connectivity index (χ0v) is 9.36. The summed E-state index contributed by atoms with van der Waals surface area (Å²) in [6.07, 6.45) is 3.50. The topological polar surface area (TPSA) is 77.2 Å². The van der Waals surface area contributed by atoms with Crippen molar-refractivity contribution in [1.29, 1.82) is 0 Å². The maximum atomic E-state index is 11.4. The summed E-state index contributed by atoms with van der Waals surface area (Å²) in [4.78, 5) is 19.9. The highest BCUT2D eigenvalue weighted by atomic mass is 16.6. The molecular formula is C11H15N3O2. The van der Waals surface area contributed by atoms with Crippen LogP contribution in [0.3, 0.4) is 0 Å². The molecule has 1 rings (SSSR count). The zero-order valence-electron chi connectivity index (χ0n) is 9.36. The number of allylic oxidation sites excluding steroid dienone is 1. The lowest BCUT2D eigenvalue weighted by Crippen LogP contribution is -2.11. The third kappa shape index (κ3) is 4.10. The highest BCUT2D eigenvalue weighted by Crippen LogP contribution is 2.04. The summed E-state index contributed by atoms with van der Waals surface area (Å²) in [7, 11) is 0. The number of carbonyl (C=O) groups excluding carboxylic acids is 1. The number of amides is 1. The number of nitrogens with zero attached hydrogens (tertiary/aromatic N) is 1. The van der Waals surface area contributed by atoms with Gasteiger partial charge in [-0.25, -0.2) is 4.98 Å². The second-order valence-corrected chi connectivity index (χ2v) is 3.41. The molecule has 1 amide bonds. The Morgan fingerprint density at radius 1 is 1.62 bits per heavy atom. The summed E-state index contributed by atoms with van der Waals surface area (Å²) in [6, 6.07) is 3.63. The number of carbonyl (C=O) groups is 1. The van der Waals surface area contributed by atoms with E-state index in [1.807, 2.05) is 13.0 Å². The monoisotopic (exact) mass is 221 g/mol. The van der Waals surface area contributed by atoms with Crippen LogP contribution in [0.5, 0.6) is 0 Å². The number of rotatable bonds is 4. The minimum atomic E-state index is -0.159. The van der Waals surface area contributed by atoms with Gasteiger partial charge in [0.1, 0.15) is 11.6 Å². The standard InChI is InChI=1S/C11H15N3O2/c1-8-3-5-10(13-7-8)14-11(15)6-4-9(2)16-12/h3-5,7H,6,12H2,1-2H3,(H,13,14,15)/b9-4-. The van der Waals surface area contributed by atoms with Crippen LogP contribution in [0.15, 0.2) is 30.2 Å². The van der Waals surface area contributed by atoms with E-state index in [-0.39, 0.29) is 12.3 Å². The second-order valence-electron chi connectivity index (χ2n) is 3.41. The molecule has 0 aliphatic heterocycles. The molecule has 0 saturated carbocycles. The average molecular weight is 221 g/mol. The van der Waals surface area contributed by atoms with E-state index in [0.717, 1.165) is 5.56 Å². The van der Waals surface area contributed by atoms with Crippen LogP contribution in [0.2, 0.25) is 0 Å². The van der Waals surface area contributed by atoms with Gasteiger partial charge in [-0.1, -0.05) is 6.07 Å². The molecule has 0 aliphatic rings. The van der Waals surface area contributed by atoms with E-state index in [4.69, 9.17) is 5.90 Å². The summed E-state index contributed by atoms with van der Waals surface area (Å²) in [6.45, 7) is 3.61. The lowest BCUT2D eigenvalue weighted by Gasteiger charge is -2.03. The van der Waals surface area contributed by atoms with E-state index >= 15 is 0 Å². The summed E-state index contributed by atoms with van der Waals surface area (Å²) < 4.78 is 0. The maximum Gasteiger partial charge on any atom is 0.229 e. The predicted molar refractivity (Wildman–Crippen MR) is 61.3 cm³/mol. The molecule has 0 unspecified atom stereocenters. The molecule has 1 heterocycles. The molecule has 0 fully saturated rings. The van der Waals surface area contributed by atoms with Gasteiger partial charge in [0.2, 0.25) is 5.91 Å². The van der Waals surface area contributed by atoms with Gasteiger partial charge in [0, 0.05) is 12.6 Å². The highest BCUT2D eigenvalue weighted by Gasteiger charge is 2.01. The summed E-state index contributed by atoms with van der Waals surface area (Å²) in [5, 5.41) is 2.66. The fraction of sp³-hybridized carbons (Fsp3) is 0.273. The van der Waals surface area contributed by atoms with Gasteiger partial charge in [0.15, 0.2) is 0 Å². The number of nitrogens with two attached hydrogens (primary N) is 1. The van der Waals surface area contributed by atoms with Gasteiger partial charge in [-0.05, 0) is 31.6 Å². The Morgan fingerprint density at radius 3 is 2.94 bits per heavy atom. The van der Waals surface area contributed by atoms with E-state index in [0.29, 0.717) is 11.6 Å². The largest absolute Gasteiger partial charge is 0.417 e. The third-order valence-corrected chi connectivity index (χ3v) is 1.94. The molecule has 1 aromatic heterocycles. The lowest BCUT2D eigenvalue weighted by molar-refractivity contribution is -0.115. The Balaban J connectivity index is 2.49. The van der Waals surface area contributed by atoms with Gasteiger partial charge in [-0.3, -0.25) is 4.79 Å². The number of hydrogen-bond acceptors (Lipinski definition) is 4. The molecule has 86 valence electrons. The first-order valence-corrected chi connectivity index (χ1v) is 4.88. The number of pyridine rings is 1. The van der Waals surface area contributed by atoms with Gasteiger partial charge in [-0.2, -0.15) is 5.90 Å². The van der Waals surface area contributed by atoms with Gasteiger partial charge < -0.3 is 10.2 Å². The number of hydrogen-bond donors (Lipinski definition) is 2. The fourth-order valence-electron chi connectivity index (χ4n) is 1.02. The van der Waals surface area contributed by atoms with Crippen molar-refractivity contribution >= 4 is 11.7 Å². The Morgan fingerprint density at radius 2 is 2.38 bits per heavy atom. The van der Waals surface area contributed by atoms with Crippen LogP contribution in [0.4, 0.5) is 5.82 Å². The molecule has 5 heteroatoms. The molecule has 0 aliphatic carbocycles.